The minimum atomic E-state index is -0.854. The fourth-order valence-electron chi connectivity index (χ4n) is 2.72. The smallest absolute Gasteiger partial charge is 0.309 e. The van der Waals surface area contributed by atoms with Gasteiger partial charge in [0.25, 0.3) is 0 Å². The molecule has 2 aromatic carbocycles. The molecule has 6 nitrogen and oxygen atoms in total. The molecule has 142 valence electrons. The van der Waals surface area contributed by atoms with Crippen LogP contribution >= 0.6 is 0 Å². The average Bonchev–Trinajstić information content (AvgIpc) is 2.67. The third kappa shape index (κ3) is 6.44. The maximum atomic E-state index is 10.5. The molecule has 0 saturated carbocycles. The Bertz CT molecular complexity index is 1060. The third-order valence-electron chi connectivity index (χ3n) is 3.98. The molecule has 7 heteroatoms. The maximum absolute atomic E-state index is 10.5. The minimum absolute atomic E-state index is 0. The van der Waals surface area contributed by atoms with Crippen LogP contribution in [0.5, 0.6) is 0 Å². The van der Waals surface area contributed by atoms with Gasteiger partial charge in [0.2, 0.25) is 0 Å². The molecule has 0 aliphatic carbocycles. The number of carboxylic acids is 2. The molecule has 0 aliphatic heterocycles. The van der Waals surface area contributed by atoms with Gasteiger partial charge in [-0.25, -0.2) is 0 Å². The molecule has 0 saturated heterocycles. The summed E-state index contributed by atoms with van der Waals surface area (Å²) in [5, 5.41) is 19.3. The molecule has 0 spiro atoms. The molecule has 4 rings (SSSR count). The van der Waals surface area contributed by atoms with Crippen molar-refractivity contribution in [3.05, 3.63) is 84.2 Å². The van der Waals surface area contributed by atoms with Crippen LogP contribution in [0.3, 0.4) is 0 Å². The zero-order valence-corrected chi connectivity index (χ0v) is 18.6. The number of benzene rings is 2. The van der Waals surface area contributed by atoms with Crippen LogP contribution in [0.25, 0.3) is 21.8 Å². The summed E-state index contributed by atoms with van der Waals surface area (Å²) in [5.74, 6) is -1.71. The Morgan fingerprint density at radius 1 is 0.621 bits per heavy atom. The topological polar surface area (TPSA) is 100 Å². The number of fused-ring (bicyclic) bond motifs is 2. The van der Waals surface area contributed by atoms with Crippen molar-refractivity contribution < 1.29 is 39.3 Å². The Labute approximate surface area is 180 Å². The number of pyridine rings is 2. The van der Waals surface area contributed by atoms with E-state index in [4.69, 9.17) is 10.2 Å². The van der Waals surface area contributed by atoms with Crippen molar-refractivity contribution in [2.75, 3.05) is 0 Å². The SMILES string of the molecule is O=C(O)Cc1ccc2ccccc2n1.O=C(O)Cc1ccc2ccccc2n1.[Zn]. The van der Waals surface area contributed by atoms with Crippen LogP contribution in [0.4, 0.5) is 0 Å². The van der Waals surface area contributed by atoms with Crippen LogP contribution in [0.1, 0.15) is 11.4 Å². The molecule has 4 aromatic rings. The van der Waals surface area contributed by atoms with Gasteiger partial charge in [-0.05, 0) is 24.3 Å². The van der Waals surface area contributed by atoms with Crippen LogP contribution in [0.2, 0.25) is 0 Å². The van der Waals surface area contributed by atoms with Crippen molar-refractivity contribution in [3.63, 3.8) is 0 Å². The first-order chi connectivity index (χ1) is 13.5. The second-order valence-corrected chi connectivity index (χ2v) is 6.13. The standard InChI is InChI=1S/2C11H9NO2.Zn/c2*13-11(14)7-9-6-5-8-3-1-2-4-10(8)12-9;/h2*1-6H,7H2,(H,13,14);. The quantitative estimate of drug-likeness (QED) is 0.470. The van der Waals surface area contributed by atoms with Crippen LogP contribution < -0.4 is 0 Å². The number of para-hydroxylation sites is 2. The van der Waals surface area contributed by atoms with Gasteiger partial charge in [0.15, 0.2) is 0 Å². The van der Waals surface area contributed by atoms with E-state index in [1.165, 1.54) is 0 Å². The number of hydrogen-bond acceptors (Lipinski definition) is 4. The summed E-state index contributed by atoms with van der Waals surface area (Å²) in [7, 11) is 0. The predicted octanol–water partition coefficient (Wildman–Crippen LogP) is 3.72. The van der Waals surface area contributed by atoms with Gasteiger partial charge in [0.1, 0.15) is 0 Å². The first kappa shape index (κ1) is 22.1. The fraction of sp³-hybridized carbons (Fsp3) is 0.0909. The number of carbonyl (C=O) groups is 2. The monoisotopic (exact) mass is 438 g/mol. The molecule has 0 amide bonds. The Hall–Kier alpha value is -3.18. The number of hydrogen-bond donors (Lipinski definition) is 2. The third-order valence-corrected chi connectivity index (χ3v) is 3.98. The number of aromatic nitrogens is 2. The largest absolute Gasteiger partial charge is 0.481 e. The van der Waals surface area contributed by atoms with Crippen LogP contribution in [0.15, 0.2) is 72.8 Å². The van der Waals surface area contributed by atoms with Gasteiger partial charge in [0.05, 0.1) is 35.3 Å². The van der Waals surface area contributed by atoms with E-state index in [-0.39, 0.29) is 32.3 Å². The average molecular weight is 440 g/mol. The fourth-order valence-corrected chi connectivity index (χ4v) is 2.72. The molecule has 0 radical (unpaired) electrons. The molecule has 0 unspecified atom stereocenters. The van der Waals surface area contributed by atoms with E-state index in [0.717, 1.165) is 21.8 Å². The van der Waals surface area contributed by atoms with Gasteiger partial charge in [-0.1, -0.05) is 48.5 Å². The first-order valence-corrected chi connectivity index (χ1v) is 8.64. The summed E-state index contributed by atoms with van der Waals surface area (Å²) in [6.45, 7) is 0. The summed E-state index contributed by atoms with van der Waals surface area (Å²) in [5.41, 5.74) is 2.87. The van der Waals surface area contributed by atoms with Crippen molar-refractivity contribution >= 4 is 33.7 Å². The van der Waals surface area contributed by atoms with Gasteiger partial charge >= 0.3 is 11.9 Å². The summed E-state index contributed by atoms with van der Waals surface area (Å²) in [6, 6.07) is 22.6. The normalized spacial score (nSPS) is 9.93. The van der Waals surface area contributed by atoms with Crippen molar-refractivity contribution in [2.45, 2.75) is 12.8 Å². The molecule has 0 fully saturated rings. The van der Waals surface area contributed by atoms with Crippen molar-refractivity contribution in [1.82, 2.24) is 9.97 Å². The van der Waals surface area contributed by atoms with Crippen LogP contribution in [-0.4, -0.2) is 32.1 Å². The van der Waals surface area contributed by atoms with Crippen molar-refractivity contribution in [3.8, 4) is 0 Å². The number of rotatable bonds is 4. The molecule has 2 aromatic heterocycles. The summed E-state index contributed by atoms with van der Waals surface area (Å²) in [4.78, 5) is 29.4. The molecule has 29 heavy (non-hydrogen) atoms. The first-order valence-electron chi connectivity index (χ1n) is 8.64. The molecular formula is C22H18N2O4Zn. The molecule has 2 heterocycles. The number of carboxylic acid groups (broad SMARTS) is 2. The molecule has 2 N–H and O–H groups in total. The van der Waals surface area contributed by atoms with E-state index in [1.54, 1.807) is 12.1 Å². The zero-order chi connectivity index (χ0) is 19.9. The van der Waals surface area contributed by atoms with E-state index in [0.29, 0.717) is 11.4 Å². The van der Waals surface area contributed by atoms with Gasteiger partial charge in [-0.15, -0.1) is 0 Å². The Kier molecular flexibility index (Phi) is 7.92. The number of nitrogens with zero attached hydrogens (tertiary/aromatic N) is 2. The molecule has 0 aliphatic rings. The second kappa shape index (κ2) is 10.4. The summed E-state index contributed by atoms with van der Waals surface area (Å²) >= 11 is 0. The van der Waals surface area contributed by atoms with E-state index in [2.05, 4.69) is 9.97 Å². The van der Waals surface area contributed by atoms with Crippen molar-refractivity contribution in [2.24, 2.45) is 0 Å². The Balaban J connectivity index is 0.000000200. The van der Waals surface area contributed by atoms with Crippen LogP contribution in [0, 0.1) is 0 Å². The summed E-state index contributed by atoms with van der Waals surface area (Å²) < 4.78 is 0. The predicted molar refractivity (Wildman–Crippen MR) is 106 cm³/mol. The van der Waals surface area contributed by atoms with Gasteiger partial charge < -0.3 is 10.2 Å². The summed E-state index contributed by atoms with van der Waals surface area (Å²) in [6.07, 6.45) is -0.0460. The van der Waals surface area contributed by atoms with E-state index in [9.17, 15) is 9.59 Å². The van der Waals surface area contributed by atoms with Crippen molar-refractivity contribution in [1.29, 1.82) is 0 Å². The van der Waals surface area contributed by atoms with E-state index >= 15 is 0 Å². The molecule has 0 bridgehead atoms. The van der Waals surface area contributed by atoms with Gasteiger partial charge in [-0.3, -0.25) is 19.6 Å². The zero-order valence-electron chi connectivity index (χ0n) is 15.7. The van der Waals surface area contributed by atoms with Gasteiger partial charge in [-0.2, -0.15) is 0 Å². The van der Waals surface area contributed by atoms with Crippen LogP contribution in [-0.2, 0) is 41.9 Å². The Morgan fingerprint density at radius 3 is 1.38 bits per heavy atom. The molecular weight excluding hydrogens is 422 g/mol. The Morgan fingerprint density at radius 2 is 1.00 bits per heavy atom. The van der Waals surface area contributed by atoms with E-state index in [1.807, 2.05) is 60.7 Å². The molecule has 0 atom stereocenters. The minimum Gasteiger partial charge on any atom is -0.481 e. The van der Waals surface area contributed by atoms with E-state index < -0.39 is 11.9 Å². The number of aliphatic carboxylic acids is 2. The second-order valence-electron chi connectivity index (χ2n) is 6.13. The van der Waals surface area contributed by atoms with Gasteiger partial charge in [0, 0.05) is 30.3 Å². The maximum Gasteiger partial charge on any atom is 0.309 e.